The average Bonchev–Trinajstić information content (AvgIpc) is 3.04. The van der Waals surface area contributed by atoms with E-state index in [9.17, 15) is 9.18 Å². The highest BCUT2D eigenvalue weighted by atomic mass is 19.1. The first-order valence-corrected chi connectivity index (χ1v) is 8.26. The summed E-state index contributed by atoms with van der Waals surface area (Å²) in [6.45, 7) is 0.919. The van der Waals surface area contributed by atoms with Gasteiger partial charge in [0.2, 0.25) is 5.91 Å². The van der Waals surface area contributed by atoms with Crippen molar-refractivity contribution >= 4 is 16.8 Å². The Morgan fingerprint density at radius 3 is 2.88 bits per heavy atom. The summed E-state index contributed by atoms with van der Waals surface area (Å²) in [5.74, 6) is -0.617. The molecular weight excluding hydrogens is 319 g/mol. The molecule has 25 heavy (non-hydrogen) atoms. The smallest absolute Gasteiger partial charge is 0.221 e. The zero-order valence-electron chi connectivity index (χ0n) is 14.1. The Morgan fingerprint density at radius 1 is 1.24 bits per heavy atom. The summed E-state index contributed by atoms with van der Waals surface area (Å²) in [7, 11) is 1.59. The first-order chi connectivity index (χ1) is 12.2. The van der Waals surface area contributed by atoms with Crippen LogP contribution in [0.1, 0.15) is 23.5 Å². The third kappa shape index (κ3) is 4.06. The molecule has 0 aliphatic heterocycles. The van der Waals surface area contributed by atoms with E-state index in [2.05, 4.69) is 10.3 Å². The highest BCUT2D eigenvalue weighted by Gasteiger charge is 2.21. The number of carbonyl (C=O) groups excluding carboxylic acids is 1. The second kappa shape index (κ2) is 7.94. The number of amides is 1. The van der Waals surface area contributed by atoms with Gasteiger partial charge >= 0.3 is 0 Å². The van der Waals surface area contributed by atoms with Gasteiger partial charge in [-0.25, -0.2) is 4.39 Å². The number of halogens is 1. The Morgan fingerprint density at radius 2 is 2.08 bits per heavy atom. The van der Waals surface area contributed by atoms with Crippen LogP contribution in [0.3, 0.4) is 0 Å². The highest BCUT2D eigenvalue weighted by molar-refractivity contribution is 5.86. The Labute approximate surface area is 146 Å². The molecule has 1 amide bonds. The summed E-state index contributed by atoms with van der Waals surface area (Å²) in [6, 6.07) is 14.4. The molecule has 1 aromatic heterocycles. The number of methoxy groups -OCH3 is 1. The van der Waals surface area contributed by atoms with Crippen molar-refractivity contribution in [2.45, 2.75) is 12.3 Å². The number of carbonyl (C=O) groups is 1. The van der Waals surface area contributed by atoms with Crippen LogP contribution in [-0.2, 0) is 9.53 Å². The minimum absolute atomic E-state index is 0.0865. The van der Waals surface area contributed by atoms with Gasteiger partial charge in [-0.3, -0.25) is 4.79 Å². The molecule has 0 unspecified atom stereocenters. The van der Waals surface area contributed by atoms with Gasteiger partial charge in [-0.2, -0.15) is 0 Å². The Bertz CT molecular complexity index is 860. The number of aromatic amines is 1. The van der Waals surface area contributed by atoms with Gasteiger partial charge in [0, 0.05) is 43.1 Å². The second-order valence-corrected chi connectivity index (χ2v) is 5.94. The third-order valence-corrected chi connectivity index (χ3v) is 4.27. The maximum Gasteiger partial charge on any atom is 0.221 e. The van der Waals surface area contributed by atoms with Crippen molar-refractivity contribution in [2.24, 2.45) is 0 Å². The number of para-hydroxylation sites is 1. The fourth-order valence-electron chi connectivity index (χ4n) is 3.06. The lowest BCUT2D eigenvalue weighted by atomic mass is 9.88. The molecule has 0 radical (unpaired) electrons. The lowest BCUT2D eigenvalue weighted by molar-refractivity contribution is -0.121. The molecule has 3 rings (SSSR count). The molecule has 1 atom stereocenters. The maximum absolute atomic E-state index is 13.7. The molecule has 0 aliphatic carbocycles. The van der Waals surface area contributed by atoms with Gasteiger partial charge in [0.15, 0.2) is 0 Å². The quantitative estimate of drug-likeness (QED) is 0.646. The van der Waals surface area contributed by atoms with Gasteiger partial charge in [-0.05, 0) is 29.3 Å². The number of benzene rings is 2. The van der Waals surface area contributed by atoms with Crippen LogP contribution in [0.25, 0.3) is 10.9 Å². The van der Waals surface area contributed by atoms with Crippen molar-refractivity contribution in [1.82, 2.24) is 10.3 Å². The van der Waals surface area contributed by atoms with Gasteiger partial charge in [0.25, 0.3) is 0 Å². The summed E-state index contributed by atoms with van der Waals surface area (Å²) in [5, 5.41) is 3.88. The van der Waals surface area contributed by atoms with Gasteiger partial charge < -0.3 is 15.0 Å². The molecule has 0 bridgehead atoms. The second-order valence-electron chi connectivity index (χ2n) is 5.94. The van der Waals surface area contributed by atoms with Crippen LogP contribution >= 0.6 is 0 Å². The summed E-state index contributed by atoms with van der Waals surface area (Å²) in [4.78, 5) is 15.6. The number of H-pyrrole nitrogens is 1. The monoisotopic (exact) mass is 340 g/mol. The van der Waals surface area contributed by atoms with E-state index in [0.29, 0.717) is 13.2 Å². The lowest BCUT2D eigenvalue weighted by Crippen LogP contribution is -2.28. The molecule has 1 heterocycles. The number of hydrogen-bond acceptors (Lipinski definition) is 2. The minimum atomic E-state index is -0.304. The molecule has 0 saturated heterocycles. The molecule has 3 aromatic rings. The zero-order chi connectivity index (χ0) is 17.6. The molecule has 0 fully saturated rings. The van der Waals surface area contributed by atoms with Crippen molar-refractivity contribution < 1.29 is 13.9 Å². The molecule has 0 saturated carbocycles. The Balaban J connectivity index is 1.93. The normalized spacial score (nSPS) is 12.2. The van der Waals surface area contributed by atoms with Crippen LogP contribution < -0.4 is 5.32 Å². The van der Waals surface area contributed by atoms with Gasteiger partial charge in [-0.1, -0.05) is 30.3 Å². The molecule has 2 aromatic carbocycles. The van der Waals surface area contributed by atoms with Crippen molar-refractivity contribution in [2.75, 3.05) is 20.3 Å². The van der Waals surface area contributed by atoms with Crippen molar-refractivity contribution in [3.05, 3.63) is 71.7 Å². The van der Waals surface area contributed by atoms with Crippen LogP contribution in [0, 0.1) is 5.82 Å². The SMILES string of the molecule is COCCNC(=O)C[C@H](c1cccc(F)c1)c1c[nH]c2ccccc12. The van der Waals surface area contributed by atoms with E-state index < -0.39 is 0 Å². The molecule has 0 spiro atoms. The fourth-order valence-corrected chi connectivity index (χ4v) is 3.06. The number of nitrogens with one attached hydrogen (secondary N) is 2. The molecule has 0 aliphatic rings. The van der Waals surface area contributed by atoms with Crippen LogP contribution in [-0.4, -0.2) is 31.2 Å². The van der Waals surface area contributed by atoms with Gasteiger partial charge in [0.05, 0.1) is 6.61 Å². The van der Waals surface area contributed by atoms with E-state index in [0.717, 1.165) is 22.0 Å². The first-order valence-electron chi connectivity index (χ1n) is 8.26. The number of fused-ring (bicyclic) bond motifs is 1. The molecule has 4 nitrogen and oxygen atoms in total. The third-order valence-electron chi connectivity index (χ3n) is 4.27. The number of ether oxygens (including phenoxy) is 1. The van der Waals surface area contributed by atoms with E-state index in [1.54, 1.807) is 13.2 Å². The number of hydrogen-bond donors (Lipinski definition) is 2. The predicted molar refractivity (Wildman–Crippen MR) is 96.0 cm³/mol. The molecular formula is C20H21FN2O2. The predicted octanol–water partition coefficient (Wildman–Crippen LogP) is 3.59. The van der Waals surface area contributed by atoms with E-state index in [1.165, 1.54) is 12.1 Å². The molecule has 5 heteroatoms. The molecule has 130 valence electrons. The van der Waals surface area contributed by atoms with Crippen LogP contribution in [0.2, 0.25) is 0 Å². The molecule has 2 N–H and O–H groups in total. The van der Waals surface area contributed by atoms with E-state index in [1.807, 2.05) is 36.5 Å². The van der Waals surface area contributed by atoms with E-state index >= 15 is 0 Å². The number of aromatic nitrogens is 1. The summed E-state index contributed by atoms with van der Waals surface area (Å²) >= 11 is 0. The van der Waals surface area contributed by atoms with Crippen molar-refractivity contribution in [3.63, 3.8) is 0 Å². The largest absolute Gasteiger partial charge is 0.383 e. The first kappa shape index (κ1) is 17.2. The summed E-state index contributed by atoms with van der Waals surface area (Å²) < 4.78 is 18.7. The lowest BCUT2D eigenvalue weighted by Gasteiger charge is -2.17. The van der Waals surface area contributed by atoms with Crippen molar-refractivity contribution in [3.8, 4) is 0 Å². The van der Waals surface area contributed by atoms with Crippen LogP contribution in [0.15, 0.2) is 54.7 Å². The van der Waals surface area contributed by atoms with Gasteiger partial charge in [0.1, 0.15) is 5.82 Å². The topological polar surface area (TPSA) is 54.1 Å². The van der Waals surface area contributed by atoms with Crippen LogP contribution in [0.5, 0.6) is 0 Å². The van der Waals surface area contributed by atoms with E-state index in [-0.39, 0.29) is 24.1 Å². The van der Waals surface area contributed by atoms with Crippen molar-refractivity contribution in [1.29, 1.82) is 0 Å². The Hall–Kier alpha value is -2.66. The standard InChI is InChI=1S/C20H21FN2O2/c1-25-10-9-22-20(24)12-17(14-5-4-6-15(21)11-14)18-13-23-19-8-3-2-7-16(18)19/h2-8,11,13,17,23H,9-10,12H2,1H3,(H,22,24)/t17-/m1/s1. The minimum Gasteiger partial charge on any atom is -0.383 e. The van der Waals surface area contributed by atoms with E-state index in [4.69, 9.17) is 4.74 Å². The Kier molecular flexibility index (Phi) is 5.46. The summed E-state index contributed by atoms with van der Waals surface area (Å²) in [6.07, 6.45) is 2.15. The maximum atomic E-state index is 13.7. The average molecular weight is 340 g/mol. The summed E-state index contributed by atoms with van der Waals surface area (Å²) in [5.41, 5.74) is 2.77. The zero-order valence-corrected chi connectivity index (χ0v) is 14.1. The highest BCUT2D eigenvalue weighted by Crippen LogP contribution is 2.33. The fraction of sp³-hybridized carbons (Fsp3) is 0.250. The van der Waals surface area contributed by atoms with Gasteiger partial charge in [-0.15, -0.1) is 0 Å². The van der Waals surface area contributed by atoms with Crippen LogP contribution in [0.4, 0.5) is 4.39 Å². The number of rotatable bonds is 7.